The Bertz CT molecular complexity index is 896. The van der Waals surface area contributed by atoms with Gasteiger partial charge in [0.25, 0.3) is 0 Å². The highest BCUT2D eigenvalue weighted by Gasteiger charge is 2.43. The summed E-state index contributed by atoms with van der Waals surface area (Å²) >= 11 is 0. The zero-order valence-electron chi connectivity index (χ0n) is 15.3. The van der Waals surface area contributed by atoms with Crippen LogP contribution in [0.15, 0.2) is 71.3 Å². The lowest BCUT2D eigenvalue weighted by molar-refractivity contribution is 0.112. The summed E-state index contributed by atoms with van der Waals surface area (Å²) in [5.41, 5.74) is 6.11. The van der Waals surface area contributed by atoms with Gasteiger partial charge in [-0.25, -0.2) is 4.39 Å². The summed E-state index contributed by atoms with van der Waals surface area (Å²) in [4.78, 5) is 15.5. The van der Waals surface area contributed by atoms with Crippen LogP contribution in [0, 0.1) is 5.82 Å². The molecule has 0 spiro atoms. The Hall–Kier alpha value is -3.08. The first-order valence-electron chi connectivity index (χ1n) is 8.85. The molecular weight excluding hydrogens is 341 g/mol. The summed E-state index contributed by atoms with van der Waals surface area (Å²) < 4.78 is 13.1. The van der Waals surface area contributed by atoms with Gasteiger partial charge in [-0.05, 0) is 49.6 Å². The van der Waals surface area contributed by atoms with E-state index in [-0.39, 0.29) is 11.2 Å². The van der Waals surface area contributed by atoms with Gasteiger partial charge < -0.3 is 0 Å². The van der Waals surface area contributed by atoms with Crippen LogP contribution in [0.25, 0.3) is 0 Å². The van der Waals surface area contributed by atoms with Crippen molar-refractivity contribution in [2.75, 3.05) is 6.54 Å². The standard InChI is InChI=1S/C22H22FN3O/c1-3-21(18-6-4-5-17(13-18)14-27)26-25-16(2)24-15-22(11-12-22)19-7-9-20(23)10-8-19/h3-10,13-14H,1,11-12,15H2,2H3,(H,24,25)/b26-21-. The summed E-state index contributed by atoms with van der Waals surface area (Å²) in [5, 5.41) is 4.35. The molecule has 0 saturated heterocycles. The van der Waals surface area contributed by atoms with E-state index in [2.05, 4.69) is 22.1 Å². The number of nitrogens with one attached hydrogen (secondary N) is 1. The molecule has 0 heterocycles. The minimum atomic E-state index is -0.221. The topological polar surface area (TPSA) is 53.8 Å². The van der Waals surface area contributed by atoms with Crippen molar-refractivity contribution in [3.63, 3.8) is 0 Å². The van der Waals surface area contributed by atoms with E-state index in [0.717, 1.165) is 30.3 Å². The van der Waals surface area contributed by atoms with Crippen LogP contribution in [0.1, 0.15) is 41.3 Å². The van der Waals surface area contributed by atoms with E-state index in [1.54, 1.807) is 24.3 Å². The molecule has 3 rings (SSSR count). The smallest absolute Gasteiger partial charge is 0.150 e. The molecule has 0 aliphatic heterocycles. The van der Waals surface area contributed by atoms with Crippen LogP contribution in [0.3, 0.4) is 0 Å². The van der Waals surface area contributed by atoms with E-state index in [0.29, 0.717) is 23.7 Å². The zero-order valence-corrected chi connectivity index (χ0v) is 15.3. The number of hydrogen-bond donors (Lipinski definition) is 1. The third kappa shape index (κ3) is 4.56. The monoisotopic (exact) mass is 363 g/mol. The molecule has 0 atom stereocenters. The van der Waals surface area contributed by atoms with Crippen LogP contribution in [0.5, 0.6) is 0 Å². The molecule has 1 saturated carbocycles. The Morgan fingerprint density at radius 3 is 2.63 bits per heavy atom. The van der Waals surface area contributed by atoms with Crippen molar-refractivity contribution >= 4 is 17.8 Å². The normalized spacial score (nSPS) is 15.9. The fraction of sp³-hybridized carbons (Fsp3) is 0.227. The molecule has 2 aromatic rings. The second kappa shape index (κ2) is 8.08. The molecule has 5 heteroatoms. The van der Waals surface area contributed by atoms with E-state index in [1.807, 2.05) is 25.1 Å². The largest absolute Gasteiger partial charge is 0.298 e. The molecule has 138 valence electrons. The number of hydrazone groups is 1. The van der Waals surface area contributed by atoms with Gasteiger partial charge in [0, 0.05) is 16.5 Å². The minimum Gasteiger partial charge on any atom is -0.298 e. The molecule has 0 amide bonds. The molecular formula is C22H22FN3O. The van der Waals surface area contributed by atoms with E-state index in [1.165, 1.54) is 12.1 Å². The average molecular weight is 363 g/mol. The lowest BCUT2D eigenvalue weighted by Crippen LogP contribution is -2.19. The van der Waals surface area contributed by atoms with Gasteiger partial charge in [-0.3, -0.25) is 15.2 Å². The van der Waals surface area contributed by atoms with E-state index < -0.39 is 0 Å². The first-order valence-corrected chi connectivity index (χ1v) is 8.85. The number of nitrogens with zero attached hydrogens (tertiary/aromatic N) is 2. The number of amidine groups is 1. The number of rotatable bonds is 7. The van der Waals surface area contributed by atoms with Crippen molar-refractivity contribution in [2.45, 2.75) is 25.2 Å². The number of benzene rings is 2. The van der Waals surface area contributed by atoms with Gasteiger partial charge in [-0.1, -0.05) is 36.9 Å². The van der Waals surface area contributed by atoms with Crippen molar-refractivity contribution in [1.82, 2.24) is 5.43 Å². The predicted octanol–water partition coefficient (Wildman–Crippen LogP) is 4.27. The number of halogens is 1. The van der Waals surface area contributed by atoms with Crippen LogP contribution in [0.2, 0.25) is 0 Å². The Balaban J connectivity index is 1.67. The summed E-state index contributed by atoms with van der Waals surface area (Å²) in [5.74, 6) is 0.468. The molecule has 27 heavy (non-hydrogen) atoms. The van der Waals surface area contributed by atoms with E-state index >= 15 is 0 Å². The van der Waals surface area contributed by atoms with Gasteiger partial charge in [-0.15, -0.1) is 0 Å². The van der Waals surface area contributed by atoms with Crippen molar-refractivity contribution in [1.29, 1.82) is 0 Å². The van der Waals surface area contributed by atoms with Crippen molar-refractivity contribution in [3.05, 3.63) is 83.7 Å². The minimum absolute atomic E-state index is 0.0138. The highest BCUT2D eigenvalue weighted by atomic mass is 19.1. The number of allylic oxidation sites excluding steroid dienone is 1. The number of carbonyl (C=O) groups excluding carboxylic acids is 1. The highest BCUT2D eigenvalue weighted by Crippen LogP contribution is 2.48. The maximum Gasteiger partial charge on any atom is 0.150 e. The lowest BCUT2D eigenvalue weighted by atomic mass is 9.96. The van der Waals surface area contributed by atoms with Crippen LogP contribution in [-0.4, -0.2) is 24.4 Å². The third-order valence-electron chi connectivity index (χ3n) is 4.78. The van der Waals surface area contributed by atoms with Crippen molar-refractivity contribution < 1.29 is 9.18 Å². The quantitative estimate of drug-likeness (QED) is 0.346. The van der Waals surface area contributed by atoms with Crippen LogP contribution < -0.4 is 5.43 Å². The van der Waals surface area contributed by atoms with E-state index in [4.69, 9.17) is 0 Å². The van der Waals surface area contributed by atoms with E-state index in [9.17, 15) is 9.18 Å². The molecule has 1 fully saturated rings. The van der Waals surface area contributed by atoms with Gasteiger partial charge in [0.1, 0.15) is 17.9 Å². The SMILES string of the molecule is C=C/C(=N/NC(C)=NCC1(c2ccc(F)cc2)CC1)c1cccc(C=O)c1. The molecule has 0 radical (unpaired) electrons. The van der Waals surface area contributed by atoms with Crippen LogP contribution in [-0.2, 0) is 5.41 Å². The van der Waals surface area contributed by atoms with Gasteiger partial charge >= 0.3 is 0 Å². The van der Waals surface area contributed by atoms with Gasteiger partial charge in [0.15, 0.2) is 0 Å². The molecule has 1 N–H and O–H groups in total. The highest BCUT2D eigenvalue weighted by molar-refractivity contribution is 6.09. The fourth-order valence-electron chi connectivity index (χ4n) is 2.94. The maximum absolute atomic E-state index is 13.1. The Labute approximate surface area is 158 Å². The summed E-state index contributed by atoms with van der Waals surface area (Å²) in [6.45, 7) is 6.27. The number of hydrogen-bond acceptors (Lipinski definition) is 3. The first-order chi connectivity index (χ1) is 13.1. The van der Waals surface area contributed by atoms with Crippen LogP contribution in [0.4, 0.5) is 4.39 Å². The molecule has 0 unspecified atom stereocenters. The van der Waals surface area contributed by atoms with Gasteiger partial charge in [-0.2, -0.15) is 5.10 Å². The summed E-state index contributed by atoms with van der Waals surface area (Å²) in [7, 11) is 0. The van der Waals surface area contributed by atoms with Crippen molar-refractivity contribution in [3.8, 4) is 0 Å². The molecule has 0 bridgehead atoms. The zero-order chi connectivity index (χ0) is 19.3. The number of aldehydes is 1. The van der Waals surface area contributed by atoms with Gasteiger partial charge in [0.2, 0.25) is 0 Å². The fourth-order valence-corrected chi connectivity index (χ4v) is 2.94. The molecule has 0 aromatic heterocycles. The van der Waals surface area contributed by atoms with Gasteiger partial charge in [0.05, 0.1) is 12.3 Å². The average Bonchev–Trinajstić information content (AvgIpc) is 3.49. The molecule has 1 aliphatic carbocycles. The second-order valence-electron chi connectivity index (χ2n) is 6.75. The third-order valence-corrected chi connectivity index (χ3v) is 4.78. The predicted molar refractivity (Wildman–Crippen MR) is 107 cm³/mol. The first kappa shape index (κ1) is 18.7. The van der Waals surface area contributed by atoms with Crippen LogP contribution >= 0.6 is 0 Å². The molecule has 2 aromatic carbocycles. The number of carbonyl (C=O) groups is 1. The molecule has 4 nitrogen and oxygen atoms in total. The Morgan fingerprint density at radius 1 is 1.26 bits per heavy atom. The number of aliphatic imine (C=N–C) groups is 1. The maximum atomic E-state index is 13.1. The Kier molecular flexibility index (Phi) is 5.60. The molecule has 1 aliphatic rings. The summed E-state index contributed by atoms with van der Waals surface area (Å²) in [6, 6.07) is 13.9. The summed E-state index contributed by atoms with van der Waals surface area (Å²) in [6.07, 6.45) is 4.53. The lowest BCUT2D eigenvalue weighted by Gasteiger charge is -2.13. The van der Waals surface area contributed by atoms with Crippen molar-refractivity contribution in [2.24, 2.45) is 10.1 Å². The Morgan fingerprint density at radius 2 is 2.00 bits per heavy atom. The second-order valence-corrected chi connectivity index (χ2v) is 6.75.